The van der Waals surface area contributed by atoms with Gasteiger partial charge in [-0.15, -0.1) is 0 Å². The highest BCUT2D eigenvalue weighted by Gasteiger charge is 2.68. The van der Waals surface area contributed by atoms with Gasteiger partial charge in [0, 0.05) is 31.1 Å². The fourth-order valence-corrected chi connectivity index (χ4v) is 14.6. The van der Waals surface area contributed by atoms with Crippen molar-refractivity contribution in [3.05, 3.63) is 53.1 Å². The second-order valence-corrected chi connectivity index (χ2v) is 22.9. The number of amides is 1. The summed E-state index contributed by atoms with van der Waals surface area (Å²) in [5.41, 5.74) is 4.71. The molecule has 0 unspecified atom stereocenters. The quantitative estimate of drug-likeness (QED) is 0.167. The Labute approximate surface area is 314 Å². The Kier molecular flexibility index (Phi) is 9.37. The summed E-state index contributed by atoms with van der Waals surface area (Å²) in [6.07, 6.45) is 15.8. The van der Waals surface area contributed by atoms with Gasteiger partial charge in [0.25, 0.3) is 0 Å². The van der Waals surface area contributed by atoms with Crippen LogP contribution in [0.1, 0.15) is 129 Å². The van der Waals surface area contributed by atoms with Gasteiger partial charge in [0.15, 0.2) is 0 Å². The van der Waals surface area contributed by atoms with Crippen molar-refractivity contribution >= 4 is 32.8 Å². The van der Waals surface area contributed by atoms with E-state index in [0.717, 1.165) is 76.6 Å². The molecule has 7 heteroatoms. The summed E-state index contributed by atoms with van der Waals surface area (Å²) >= 11 is 0. The zero-order valence-corrected chi connectivity index (χ0v) is 34.1. The Balaban J connectivity index is 1.14. The molecule has 286 valence electrons. The maximum Gasteiger partial charge on any atom is 0.335 e. The topological polar surface area (TPSA) is 86.7 Å². The van der Waals surface area contributed by atoms with Gasteiger partial charge in [-0.3, -0.25) is 9.00 Å². The standard InChI is InChI=1S/C45H66N2O4S/c1-40(2)20-22-45(39(50)46-24-9-25-47-26-28-52(8,51)29-27-47)23-21-43(6)34(35(45)30-40)14-15-37-42(5)18-16-33(31-10-12-32(13-11-31)38(48)49)41(3,4)36(42)17-19-44(37,43)7/h10-14,16,35-37H,8-9,15,17-30H2,1-7H3,(H,46,50)(H,48,49)/t35-,36-,37+,42-,43+,44+,45-/m0/s1. The van der Waals surface area contributed by atoms with Crippen LogP contribution in [0.15, 0.2) is 42.0 Å². The molecule has 6 aliphatic rings. The minimum Gasteiger partial charge on any atom is -0.478 e. The van der Waals surface area contributed by atoms with Gasteiger partial charge in [-0.2, -0.15) is 0 Å². The molecule has 1 aromatic carbocycles. The summed E-state index contributed by atoms with van der Waals surface area (Å²) in [7, 11) is -1.89. The summed E-state index contributed by atoms with van der Waals surface area (Å²) < 4.78 is 12.3. The Morgan fingerprint density at radius 2 is 1.60 bits per heavy atom. The summed E-state index contributed by atoms with van der Waals surface area (Å²) in [5.74, 6) is 6.08. The van der Waals surface area contributed by atoms with E-state index in [4.69, 9.17) is 0 Å². The number of nitrogens with zero attached hydrogens (tertiary/aromatic N) is 1. The van der Waals surface area contributed by atoms with E-state index in [0.29, 0.717) is 41.4 Å². The van der Waals surface area contributed by atoms with Crippen molar-refractivity contribution in [2.45, 2.75) is 113 Å². The Bertz CT molecular complexity index is 1760. The first kappa shape index (κ1) is 37.9. The van der Waals surface area contributed by atoms with Gasteiger partial charge in [0.05, 0.1) is 11.0 Å². The molecule has 6 nitrogen and oxygen atoms in total. The number of carboxylic acid groups (broad SMARTS) is 1. The number of carbonyl (C=O) groups is 2. The van der Waals surface area contributed by atoms with Crippen molar-refractivity contribution in [2.24, 2.45) is 50.2 Å². The second-order valence-electron chi connectivity index (χ2n) is 20.1. The molecule has 52 heavy (non-hydrogen) atoms. The Hall–Kier alpha value is -2.38. The van der Waals surface area contributed by atoms with E-state index in [1.54, 1.807) is 17.7 Å². The molecule has 2 N–H and O–H groups in total. The van der Waals surface area contributed by atoms with Crippen molar-refractivity contribution in [3.8, 4) is 0 Å². The van der Waals surface area contributed by atoms with E-state index in [9.17, 15) is 18.9 Å². The third-order valence-corrected chi connectivity index (χ3v) is 18.5. The number of nitrogens with one attached hydrogen (secondary N) is 1. The highest BCUT2D eigenvalue weighted by Crippen LogP contribution is 2.76. The molecular weight excluding hydrogens is 665 g/mol. The van der Waals surface area contributed by atoms with Gasteiger partial charge in [-0.05, 0) is 154 Å². The predicted octanol–water partition coefficient (Wildman–Crippen LogP) is 8.72. The monoisotopic (exact) mass is 730 g/mol. The molecule has 0 bridgehead atoms. The van der Waals surface area contributed by atoms with Crippen LogP contribution in [0.5, 0.6) is 0 Å². The number of fused-ring (bicyclic) bond motifs is 7. The van der Waals surface area contributed by atoms with Gasteiger partial charge in [-0.1, -0.05) is 78.3 Å². The van der Waals surface area contributed by atoms with Crippen molar-refractivity contribution in [1.82, 2.24) is 10.2 Å². The second kappa shape index (κ2) is 12.9. The Morgan fingerprint density at radius 1 is 0.923 bits per heavy atom. The summed E-state index contributed by atoms with van der Waals surface area (Å²) in [4.78, 5) is 28.5. The van der Waals surface area contributed by atoms with E-state index in [1.165, 1.54) is 18.4 Å². The molecule has 0 aromatic heterocycles. The molecular formula is C45H66N2O4S. The van der Waals surface area contributed by atoms with Gasteiger partial charge in [-0.25, -0.2) is 4.79 Å². The highest BCUT2D eigenvalue weighted by atomic mass is 32.2. The largest absolute Gasteiger partial charge is 0.478 e. The van der Waals surface area contributed by atoms with E-state index < -0.39 is 15.5 Å². The van der Waals surface area contributed by atoms with E-state index >= 15 is 0 Å². The first-order valence-corrected chi connectivity index (χ1v) is 22.4. The minimum atomic E-state index is -1.89. The van der Waals surface area contributed by atoms with Crippen LogP contribution < -0.4 is 5.32 Å². The number of aromatic carboxylic acids is 1. The van der Waals surface area contributed by atoms with Crippen LogP contribution in [-0.2, 0) is 14.3 Å². The average Bonchev–Trinajstić information content (AvgIpc) is 3.07. The van der Waals surface area contributed by atoms with Gasteiger partial charge >= 0.3 is 5.97 Å². The van der Waals surface area contributed by atoms with Crippen molar-refractivity contribution in [1.29, 1.82) is 0 Å². The lowest BCUT2D eigenvalue weighted by Crippen LogP contribution is -2.64. The number of carbonyl (C=O) groups excluding carboxylic acids is 1. The number of hydrogen-bond donors (Lipinski definition) is 2. The molecule has 7 atom stereocenters. The molecule has 1 aromatic rings. The smallest absolute Gasteiger partial charge is 0.335 e. The van der Waals surface area contributed by atoms with Crippen LogP contribution in [0.25, 0.3) is 5.57 Å². The number of rotatable bonds is 7. The molecule has 3 saturated carbocycles. The fraction of sp³-hybridized carbons (Fsp3) is 0.711. The summed E-state index contributed by atoms with van der Waals surface area (Å²) in [6, 6.07) is 7.53. The number of allylic oxidation sites excluding steroid dienone is 4. The molecule has 1 saturated heterocycles. The third-order valence-electron chi connectivity index (χ3n) is 16.6. The van der Waals surface area contributed by atoms with Gasteiger partial charge < -0.3 is 15.3 Å². The normalized spacial score (nSPS) is 39.0. The molecule has 1 amide bonds. The zero-order valence-electron chi connectivity index (χ0n) is 33.2. The van der Waals surface area contributed by atoms with Crippen molar-refractivity contribution < 1.29 is 18.9 Å². The lowest BCUT2D eigenvalue weighted by Gasteiger charge is -2.70. The molecule has 0 radical (unpaired) electrons. The summed E-state index contributed by atoms with van der Waals surface area (Å²) in [5, 5.41) is 13.0. The van der Waals surface area contributed by atoms with E-state index in [1.807, 2.05) is 12.1 Å². The predicted molar refractivity (Wildman–Crippen MR) is 215 cm³/mol. The number of carboxylic acids is 1. The molecule has 4 fully saturated rings. The molecule has 0 spiro atoms. The van der Waals surface area contributed by atoms with Crippen LogP contribution in [0.2, 0.25) is 0 Å². The third kappa shape index (κ3) is 5.97. The Morgan fingerprint density at radius 3 is 2.27 bits per heavy atom. The number of hydrogen-bond acceptors (Lipinski definition) is 4. The number of benzene rings is 1. The van der Waals surface area contributed by atoms with Crippen molar-refractivity contribution in [2.75, 3.05) is 37.7 Å². The van der Waals surface area contributed by atoms with Gasteiger partial charge in [0.1, 0.15) is 0 Å². The summed E-state index contributed by atoms with van der Waals surface area (Å²) in [6.45, 7) is 20.9. The molecule has 1 heterocycles. The molecule has 7 rings (SSSR count). The van der Waals surface area contributed by atoms with Crippen LogP contribution in [0.4, 0.5) is 0 Å². The lowest BCUT2D eigenvalue weighted by atomic mass is 9.33. The average molecular weight is 731 g/mol. The van der Waals surface area contributed by atoms with Crippen LogP contribution in [-0.4, -0.2) is 69.6 Å². The first-order valence-electron chi connectivity index (χ1n) is 20.4. The van der Waals surface area contributed by atoms with E-state index in [2.05, 4.69) is 76.7 Å². The first-order chi connectivity index (χ1) is 24.3. The van der Waals surface area contributed by atoms with Crippen molar-refractivity contribution in [3.63, 3.8) is 0 Å². The van der Waals surface area contributed by atoms with E-state index in [-0.39, 0.29) is 38.4 Å². The fourth-order valence-electron chi connectivity index (χ4n) is 13.2. The minimum absolute atomic E-state index is 0.0277. The molecule has 5 aliphatic carbocycles. The SMILES string of the molecule is C=S1(=O)CCN(CCCNC(=O)[C@]23CCC(C)(C)C[C@H]2C2=CC[C@@H]4[C@@]5(C)CC=C(c6ccc(C(=O)O)cc6)C(C)(C)[C@@H]5CC[C@@]4(C)[C@]2(C)CC3)CC1. The molecule has 1 aliphatic heterocycles. The zero-order chi connectivity index (χ0) is 37.5. The van der Waals surface area contributed by atoms with Gasteiger partial charge in [0.2, 0.25) is 5.91 Å². The highest BCUT2D eigenvalue weighted by molar-refractivity contribution is 8.00. The van der Waals surface area contributed by atoms with Crippen LogP contribution in [0.3, 0.4) is 0 Å². The maximum atomic E-state index is 14.5. The van der Waals surface area contributed by atoms with Crippen LogP contribution in [0, 0.1) is 50.2 Å². The van der Waals surface area contributed by atoms with Crippen LogP contribution >= 0.6 is 0 Å². The maximum absolute atomic E-state index is 14.5. The lowest BCUT2D eigenvalue weighted by molar-refractivity contribution is -0.167.